The van der Waals surface area contributed by atoms with Gasteiger partial charge in [-0.15, -0.1) is 0 Å². The first-order valence-corrected chi connectivity index (χ1v) is 6.68. The largest absolute Gasteiger partial charge is 0.392 e. The summed E-state index contributed by atoms with van der Waals surface area (Å²) in [6, 6.07) is 7.58. The third kappa shape index (κ3) is 3.48. The minimum absolute atomic E-state index is 0.0296. The number of rotatable bonds is 5. The summed E-state index contributed by atoms with van der Waals surface area (Å²) in [7, 11) is 3.10. The van der Waals surface area contributed by atoms with Gasteiger partial charge in [0.25, 0.3) is 5.56 Å². The van der Waals surface area contributed by atoms with E-state index in [2.05, 4.69) is 5.32 Å². The molecule has 1 heterocycles. The maximum atomic E-state index is 11.9. The third-order valence-electron chi connectivity index (χ3n) is 3.37. The van der Waals surface area contributed by atoms with Gasteiger partial charge >= 0.3 is 5.69 Å². The van der Waals surface area contributed by atoms with Gasteiger partial charge in [0.1, 0.15) is 0 Å². The number of hydrogen-bond donors (Lipinski definition) is 2. The molecule has 0 atom stereocenters. The molecule has 0 aliphatic carbocycles. The highest BCUT2D eigenvalue weighted by Crippen LogP contribution is 2.04. The molecule has 0 bridgehead atoms. The highest BCUT2D eigenvalue weighted by atomic mass is 16.3. The van der Waals surface area contributed by atoms with Crippen LogP contribution in [-0.2, 0) is 33.8 Å². The zero-order valence-corrected chi connectivity index (χ0v) is 12.2. The van der Waals surface area contributed by atoms with E-state index >= 15 is 0 Å². The lowest BCUT2D eigenvalue weighted by molar-refractivity contribution is 0.282. The minimum Gasteiger partial charge on any atom is -0.392 e. The van der Waals surface area contributed by atoms with Crippen molar-refractivity contribution in [2.75, 3.05) is 0 Å². The molecule has 0 aliphatic heterocycles. The molecule has 21 heavy (non-hydrogen) atoms. The molecule has 1 aromatic heterocycles. The second kappa shape index (κ2) is 6.51. The summed E-state index contributed by atoms with van der Waals surface area (Å²) in [5, 5.41) is 12.2. The van der Waals surface area contributed by atoms with Crippen molar-refractivity contribution in [1.29, 1.82) is 0 Å². The summed E-state index contributed by atoms with van der Waals surface area (Å²) in [5.41, 5.74) is 1.87. The molecular weight excluding hydrogens is 270 g/mol. The molecule has 0 aliphatic rings. The first-order valence-electron chi connectivity index (χ1n) is 6.68. The Morgan fingerprint density at radius 3 is 2.29 bits per heavy atom. The number of hydrogen-bond acceptors (Lipinski definition) is 4. The van der Waals surface area contributed by atoms with E-state index in [1.807, 2.05) is 24.3 Å². The van der Waals surface area contributed by atoms with Crippen molar-refractivity contribution < 1.29 is 5.11 Å². The fourth-order valence-corrected chi connectivity index (χ4v) is 2.11. The lowest BCUT2D eigenvalue weighted by Gasteiger charge is -2.08. The molecule has 0 unspecified atom stereocenters. The Hall–Kier alpha value is -2.18. The van der Waals surface area contributed by atoms with Crippen molar-refractivity contribution in [3.63, 3.8) is 0 Å². The second-order valence-corrected chi connectivity index (χ2v) is 4.99. The van der Waals surface area contributed by atoms with Crippen LogP contribution in [0, 0.1) is 0 Å². The molecule has 6 nitrogen and oxygen atoms in total. The van der Waals surface area contributed by atoms with E-state index < -0.39 is 0 Å². The Balaban J connectivity index is 2.03. The lowest BCUT2D eigenvalue weighted by Crippen LogP contribution is -2.39. The standard InChI is InChI=1S/C15H19N3O3/c1-17-9-13(14(20)18(2)15(17)21)8-16-7-11-3-5-12(10-19)6-4-11/h3-6,9,16,19H,7-8,10H2,1-2H3. The van der Waals surface area contributed by atoms with E-state index in [4.69, 9.17) is 5.11 Å². The average Bonchev–Trinajstić information content (AvgIpc) is 2.51. The summed E-state index contributed by atoms with van der Waals surface area (Å²) in [5.74, 6) is 0. The van der Waals surface area contributed by atoms with E-state index in [0.29, 0.717) is 18.7 Å². The Labute approximate surface area is 122 Å². The van der Waals surface area contributed by atoms with Gasteiger partial charge in [-0.3, -0.25) is 9.36 Å². The number of benzene rings is 1. The lowest BCUT2D eigenvalue weighted by atomic mass is 10.1. The van der Waals surface area contributed by atoms with Crippen molar-refractivity contribution in [3.05, 3.63) is 68.0 Å². The predicted octanol–water partition coefficient (Wildman–Crippen LogP) is -0.134. The molecular formula is C15H19N3O3. The monoisotopic (exact) mass is 289 g/mol. The zero-order valence-electron chi connectivity index (χ0n) is 12.2. The molecule has 1 aromatic carbocycles. The molecule has 6 heteroatoms. The van der Waals surface area contributed by atoms with Gasteiger partial charge in [-0.2, -0.15) is 0 Å². The van der Waals surface area contributed by atoms with Gasteiger partial charge in [0, 0.05) is 38.9 Å². The quantitative estimate of drug-likeness (QED) is 0.804. The van der Waals surface area contributed by atoms with Gasteiger partial charge in [0.2, 0.25) is 0 Å². The topological polar surface area (TPSA) is 76.3 Å². The minimum atomic E-state index is -0.330. The molecule has 0 radical (unpaired) electrons. The number of aromatic nitrogens is 2. The van der Waals surface area contributed by atoms with Crippen LogP contribution in [0.5, 0.6) is 0 Å². The fourth-order valence-electron chi connectivity index (χ4n) is 2.11. The van der Waals surface area contributed by atoms with Crippen LogP contribution in [0.2, 0.25) is 0 Å². The molecule has 0 amide bonds. The van der Waals surface area contributed by atoms with Gasteiger partial charge < -0.3 is 15.0 Å². The second-order valence-electron chi connectivity index (χ2n) is 4.99. The fraction of sp³-hybridized carbons (Fsp3) is 0.333. The van der Waals surface area contributed by atoms with E-state index in [-0.39, 0.29) is 17.9 Å². The molecule has 0 spiro atoms. The summed E-state index contributed by atoms with van der Waals surface area (Å²) in [6.07, 6.45) is 1.56. The average molecular weight is 289 g/mol. The van der Waals surface area contributed by atoms with Gasteiger partial charge in [-0.1, -0.05) is 24.3 Å². The van der Waals surface area contributed by atoms with Crippen molar-refractivity contribution in [2.24, 2.45) is 14.1 Å². The van der Waals surface area contributed by atoms with Crippen molar-refractivity contribution >= 4 is 0 Å². The Morgan fingerprint density at radius 2 is 1.67 bits per heavy atom. The normalized spacial score (nSPS) is 10.8. The van der Waals surface area contributed by atoms with Crippen molar-refractivity contribution in [2.45, 2.75) is 19.7 Å². The highest BCUT2D eigenvalue weighted by Gasteiger charge is 2.06. The summed E-state index contributed by atoms with van der Waals surface area (Å²) in [6.45, 7) is 1.03. The first-order chi connectivity index (χ1) is 10.0. The summed E-state index contributed by atoms with van der Waals surface area (Å²) >= 11 is 0. The van der Waals surface area contributed by atoms with Crippen LogP contribution in [0.4, 0.5) is 0 Å². The predicted molar refractivity (Wildman–Crippen MR) is 79.8 cm³/mol. The van der Waals surface area contributed by atoms with Crippen LogP contribution >= 0.6 is 0 Å². The molecule has 112 valence electrons. The van der Waals surface area contributed by atoms with Crippen LogP contribution in [0.25, 0.3) is 0 Å². The number of nitrogens with zero attached hydrogens (tertiary/aromatic N) is 2. The third-order valence-corrected chi connectivity index (χ3v) is 3.37. The SMILES string of the molecule is Cn1cc(CNCc2ccc(CO)cc2)c(=O)n(C)c1=O. The van der Waals surface area contributed by atoms with Crippen molar-refractivity contribution in [3.8, 4) is 0 Å². The summed E-state index contributed by atoms with van der Waals surface area (Å²) < 4.78 is 2.50. The number of aliphatic hydroxyl groups is 1. The van der Waals surface area contributed by atoms with E-state index in [1.165, 1.54) is 11.6 Å². The van der Waals surface area contributed by atoms with Crippen LogP contribution in [0.1, 0.15) is 16.7 Å². The van der Waals surface area contributed by atoms with Gasteiger partial charge in [-0.05, 0) is 11.1 Å². The Kier molecular flexibility index (Phi) is 4.72. The van der Waals surface area contributed by atoms with Gasteiger partial charge in [0.05, 0.1) is 6.61 Å². The molecule has 2 rings (SSSR count). The van der Waals surface area contributed by atoms with Gasteiger partial charge in [0.15, 0.2) is 0 Å². The van der Waals surface area contributed by atoms with Crippen molar-refractivity contribution in [1.82, 2.24) is 14.5 Å². The number of nitrogens with one attached hydrogen (secondary N) is 1. The summed E-state index contributed by atoms with van der Waals surface area (Å²) in [4.78, 5) is 23.5. The van der Waals surface area contributed by atoms with E-state index in [1.54, 1.807) is 13.2 Å². The number of aryl methyl sites for hydroxylation is 1. The first kappa shape index (κ1) is 15.2. The van der Waals surface area contributed by atoms with Crippen LogP contribution < -0.4 is 16.6 Å². The Morgan fingerprint density at radius 1 is 1.05 bits per heavy atom. The van der Waals surface area contributed by atoms with Crippen LogP contribution in [0.15, 0.2) is 40.1 Å². The van der Waals surface area contributed by atoms with Gasteiger partial charge in [-0.25, -0.2) is 4.79 Å². The number of aliphatic hydroxyl groups excluding tert-OH is 1. The zero-order chi connectivity index (χ0) is 15.4. The molecule has 2 N–H and O–H groups in total. The Bertz CT molecular complexity index is 729. The van der Waals surface area contributed by atoms with E-state index in [0.717, 1.165) is 15.7 Å². The molecule has 0 fully saturated rings. The molecule has 2 aromatic rings. The molecule has 0 saturated heterocycles. The van der Waals surface area contributed by atoms with Crippen LogP contribution in [-0.4, -0.2) is 14.2 Å². The van der Waals surface area contributed by atoms with E-state index in [9.17, 15) is 9.59 Å². The molecule has 0 saturated carbocycles. The maximum Gasteiger partial charge on any atom is 0.330 e. The highest BCUT2D eigenvalue weighted by molar-refractivity contribution is 5.21. The maximum absolute atomic E-state index is 11.9. The van der Waals surface area contributed by atoms with Crippen LogP contribution in [0.3, 0.4) is 0 Å². The smallest absolute Gasteiger partial charge is 0.330 e.